The third kappa shape index (κ3) is 3.94. The Labute approximate surface area is 107 Å². The summed E-state index contributed by atoms with van der Waals surface area (Å²) in [4.78, 5) is 0. The highest BCUT2D eigenvalue weighted by Gasteiger charge is 2.55. The van der Waals surface area contributed by atoms with E-state index >= 15 is 0 Å². The summed E-state index contributed by atoms with van der Waals surface area (Å²) < 4.78 is 35.3. The van der Waals surface area contributed by atoms with Gasteiger partial charge in [0.2, 0.25) is 0 Å². The summed E-state index contributed by atoms with van der Waals surface area (Å²) in [5.74, 6) is -0.279. The van der Waals surface area contributed by atoms with Crippen molar-refractivity contribution in [3.05, 3.63) is 0 Å². The maximum absolute atomic E-state index is 12.1. The molecule has 0 N–H and O–H groups in total. The lowest BCUT2D eigenvalue weighted by Gasteiger charge is -2.19. The molecule has 0 radical (unpaired) electrons. The first-order valence-electron chi connectivity index (χ1n) is 4.91. The van der Waals surface area contributed by atoms with E-state index in [2.05, 4.69) is 0 Å². The third-order valence-electron chi connectivity index (χ3n) is 2.81. The number of hydrogen-bond donors (Lipinski definition) is 0. The molecule has 1 unspecified atom stereocenters. The molecule has 2 nitrogen and oxygen atoms in total. The van der Waals surface area contributed by atoms with Crippen LogP contribution in [0.1, 0.15) is 25.7 Å². The zero-order valence-electron chi connectivity index (χ0n) is 8.69. The van der Waals surface area contributed by atoms with Gasteiger partial charge in [0.05, 0.1) is 12.1 Å². The van der Waals surface area contributed by atoms with Gasteiger partial charge >= 0.3 is 6.18 Å². The number of nitriles is 2. The quantitative estimate of drug-likeness (QED) is 0.734. The van der Waals surface area contributed by atoms with Gasteiger partial charge in [0.15, 0.2) is 0 Å². The molecule has 0 aromatic carbocycles. The van der Waals surface area contributed by atoms with Crippen molar-refractivity contribution in [3.8, 4) is 12.1 Å². The van der Waals surface area contributed by atoms with E-state index in [0.29, 0.717) is 6.42 Å². The molecule has 1 atom stereocenters. The van der Waals surface area contributed by atoms with Gasteiger partial charge in [-0.15, -0.1) is 23.2 Å². The summed E-state index contributed by atoms with van der Waals surface area (Å²) in [5, 5.41) is 17.8. The Hall–Kier alpha value is -0.650. The number of nitrogens with zero attached hydrogens (tertiary/aromatic N) is 2. The van der Waals surface area contributed by atoms with Crippen molar-refractivity contribution >= 4 is 23.2 Å². The van der Waals surface area contributed by atoms with Crippen molar-refractivity contribution in [2.45, 2.75) is 36.2 Å². The van der Waals surface area contributed by atoms with Crippen LogP contribution in [0.5, 0.6) is 0 Å². The summed E-state index contributed by atoms with van der Waals surface area (Å²) in [6.45, 7) is 0. The minimum absolute atomic E-state index is 0.0108. The first kappa shape index (κ1) is 14.4. The van der Waals surface area contributed by atoms with E-state index in [-0.39, 0.29) is 12.3 Å². The minimum atomic E-state index is -4.37. The van der Waals surface area contributed by atoms with Crippen LogP contribution in [0.4, 0.5) is 13.2 Å². The Kier molecular flexibility index (Phi) is 3.86. The molecule has 1 rings (SSSR count). The molecule has 0 saturated heterocycles. The predicted molar refractivity (Wildman–Crippen MR) is 56.1 cm³/mol. The second-order valence-corrected chi connectivity index (χ2v) is 5.83. The molecule has 1 aliphatic carbocycles. The van der Waals surface area contributed by atoms with Gasteiger partial charge in [-0.2, -0.15) is 23.7 Å². The van der Waals surface area contributed by atoms with Crippen LogP contribution in [-0.2, 0) is 0 Å². The molecule has 0 aliphatic heterocycles. The Morgan fingerprint density at radius 2 is 1.65 bits per heavy atom. The first-order chi connectivity index (χ1) is 7.64. The standard InChI is InChI=1S/C10H9Cl2F3N2/c11-9(12)4-7(9)3-8(5-16,6-17)1-2-10(13,14)15/h7H,1-4H2. The van der Waals surface area contributed by atoms with Crippen LogP contribution in [0.3, 0.4) is 0 Å². The molecule has 1 aliphatic rings. The molecule has 0 spiro atoms. The summed E-state index contributed by atoms with van der Waals surface area (Å²) >= 11 is 11.5. The number of hydrogen-bond acceptors (Lipinski definition) is 2. The van der Waals surface area contributed by atoms with Gasteiger partial charge in [-0.05, 0) is 25.2 Å². The Morgan fingerprint density at radius 1 is 1.18 bits per heavy atom. The zero-order chi connectivity index (χ0) is 13.3. The molecule has 7 heteroatoms. The first-order valence-corrected chi connectivity index (χ1v) is 5.67. The van der Waals surface area contributed by atoms with E-state index in [1.165, 1.54) is 0 Å². The van der Waals surface area contributed by atoms with Crippen LogP contribution >= 0.6 is 23.2 Å². The number of rotatable bonds is 4. The van der Waals surface area contributed by atoms with Gasteiger partial charge in [-0.3, -0.25) is 0 Å². The summed E-state index contributed by atoms with van der Waals surface area (Å²) in [5.41, 5.74) is -1.65. The highest BCUT2D eigenvalue weighted by atomic mass is 35.5. The van der Waals surface area contributed by atoms with Gasteiger partial charge in [0.25, 0.3) is 0 Å². The van der Waals surface area contributed by atoms with Crippen LogP contribution < -0.4 is 0 Å². The normalized spacial score (nSPS) is 22.6. The van der Waals surface area contributed by atoms with Crippen molar-refractivity contribution in [3.63, 3.8) is 0 Å². The van der Waals surface area contributed by atoms with E-state index in [1.54, 1.807) is 12.1 Å². The predicted octanol–water partition coefficient (Wildman–Crippen LogP) is 3.95. The van der Waals surface area contributed by atoms with Gasteiger partial charge in [0, 0.05) is 6.42 Å². The van der Waals surface area contributed by atoms with Gasteiger partial charge in [-0.1, -0.05) is 0 Å². The van der Waals surface area contributed by atoms with Gasteiger partial charge in [-0.25, -0.2) is 0 Å². The second-order valence-electron chi connectivity index (χ2n) is 4.29. The van der Waals surface area contributed by atoms with E-state index in [9.17, 15) is 13.2 Å². The Morgan fingerprint density at radius 3 is 1.94 bits per heavy atom. The average molecular weight is 285 g/mol. The lowest BCUT2D eigenvalue weighted by atomic mass is 9.81. The molecule has 0 amide bonds. The van der Waals surface area contributed by atoms with Gasteiger partial charge in [0.1, 0.15) is 9.75 Å². The maximum atomic E-state index is 12.1. The lowest BCUT2D eigenvalue weighted by Crippen LogP contribution is -2.22. The molecule has 1 saturated carbocycles. The summed E-state index contributed by atoms with van der Waals surface area (Å²) in [6.07, 6.45) is -5.67. The summed E-state index contributed by atoms with van der Waals surface area (Å²) in [6, 6.07) is 3.34. The van der Waals surface area contributed by atoms with Crippen LogP contribution in [0.15, 0.2) is 0 Å². The SMILES string of the molecule is N#CC(C#N)(CCC(F)(F)F)CC1CC1(Cl)Cl. The highest BCUT2D eigenvalue weighted by molar-refractivity contribution is 6.50. The maximum Gasteiger partial charge on any atom is 0.389 e. The van der Waals surface area contributed by atoms with E-state index < -0.39 is 28.8 Å². The van der Waals surface area contributed by atoms with Crippen molar-refractivity contribution in [2.24, 2.45) is 11.3 Å². The topological polar surface area (TPSA) is 47.6 Å². The number of alkyl halides is 5. The minimum Gasteiger partial charge on any atom is -0.197 e. The molecule has 17 heavy (non-hydrogen) atoms. The van der Waals surface area contributed by atoms with Crippen LogP contribution in [0.2, 0.25) is 0 Å². The lowest BCUT2D eigenvalue weighted by molar-refractivity contribution is -0.138. The van der Waals surface area contributed by atoms with Crippen LogP contribution in [0.25, 0.3) is 0 Å². The molecule has 94 valence electrons. The fourth-order valence-electron chi connectivity index (χ4n) is 1.60. The van der Waals surface area contributed by atoms with E-state index in [1.807, 2.05) is 0 Å². The average Bonchev–Trinajstić information content (AvgIpc) is 2.79. The second kappa shape index (κ2) is 4.55. The molecule has 0 heterocycles. The van der Waals surface area contributed by atoms with Gasteiger partial charge < -0.3 is 0 Å². The molecule has 1 fully saturated rings. The fourth-order valence-corrected chi connectivity index (χ4v) is 2.12. The van der Waals surface area contributed by atoms with E-state index in [4.69, 9.17) is 33.7 Å². The fraction of sp³-hybridized carbons (Fsp3) is 0.800. The van der Waals surface area contributed by atoms with Crippen molar-refractivity contribution in [1.82, 2.24) is 0 Å². The molecule has 0 bridgehead atoms. The van der Waals surface area contributed by atoms with Crippen LogP contribution in [0, 0.1) is 34.0 Å². The number of halogens is 5. The Balaban J connectivity index is 2.65. The summed E-state index contributed by atoms with van der Waals surface area (Å²) in [7, 11) is 0. The smallest absolute Gasteiger partial charge is 0.197 e. The monoisotopic (exact) mass is 284 g/mol. The highest BCUT2D eigenvalue weighted by Crippen LogP contribution is 2.58. The van der Waals surface area contributed by atoms with E-state index in [0.717, 1.165) is 0 Å². The molecular formula is C10H9Cl2F3N2. The van der Waals surface area contributed by atoms with Crippen LogP contribution in [-0.4, -0.2) is 10.5 Å². The van der Waals surface area contributed by atoms with Crippen molar-refractivity contribution in [1.29, 1.82) is 10.5 Å². The largest absolute Gasteiger partial charge is 0.389 e. The van der Waals surface area contributed by atoms with Crippen molar-refractivity contribution in [2.75, 3.05) is 0 Å². The Bertz CT molecular complexity index is 364. The van der Waals surface area contributed by atoms with Crippen molar-refractivity contribution < 1.29 is 13.2 Å². The zero-order valence-corrected chi connectivity index (χ0v) is 10.2. The third-order valence-corrected chi connectivity index (χ3v) is 3.74. The molecule has 0 aromatic heterocycles. The molecular weight excluding hydrogens is 276 g/mol. The molecule has 0 aromatic rings.